The number of anilines is 1. The summed E-state index contributed by atoms with van der Waals surface area (Å²) >= 11 is 0. The molecule has 0 bridgehead atoms. The summed E-state index contributed by atoms with van der Waals surface area (Å²) in [6.07, 6.45) is 0.330. The minimum Gasteiger partial charge on any atom is -0.352 e. The topological polar surface area (TPSA) is 49.4 Å². The van der Waals surface area contributed by atoms with Crippen LogP contribution in [0.5, 0.6) is 0 Å². The van der Waals surface area contributed by atoms with Crippen LogP contribution >= 0.6 is 0 Å². The molecular formula is C18H20N2O2. The van der Waals surface area contributed by atoms with Crippen molar-refractivity contribution in [2.45, 2.75) is 19.9 Å². The number of rotatable bonds is 5. The molecule has 0 spiro atoms. The van der Waals surface area contributed by atoms with E-state index in [2.05, 4.69) is 5.32 Å². The van der Waals surface area contributed by atoms with Crippen LogP contribution in [-0.2, 0) is 22.6 Å². The van der Waals surface area contributed by atoms with E-state index < -0.39 is 0 Å². The van der Waals surface area contributed by atoms with Gasteiger partial charge in [-0.15, -0.1) is 0 Å². The van der Waals surface area contributed by atoms with Gasteiger partial charge in [0.15, 0.2) is 0 Å². The normalized spacial score (nSPS) is 10.1. The van der Waals surface area contributed by atoms with Gasteiger partial charge in [0.05, 0.1) is 6.42 Å². The Labute approximate surface area is 130 Å². The first kappa shape index (κ1) is 15.8. The summed E-state index contributed by atoms with van der Waals surface area (Å²) in [6.45, 7) is 2.05. The average molecular weight is 296 g/mol. The monoisotopic (exact) mass is 296 g/mol. The van der Waals surface area contributed by atoms with Gasteiger partial charge in [-0.3, -0.25) is 9.59 Å². The van der Waals surface area contributed by atoms with Gasteiger partial charge in [-0.25, -0.2) is 0 Å². The highest BCUT2D eigenvalue weighted by Gasteiger charge is 2.07. The third kappa shape index (κ3) is 4.45. The van der Waals surface area contributed by atoms with Crippen LogP contribution in [0.25, 0.3) is 0 Å². The highest BCUT2D eigenvalue weighted by molar-refractivity contribution is 5.90. The van der Waals surface area contributed by atoms with Crippen LogP contribution in [-0.4, -0.2) is 18.9 Å². The average Bonchev–Trinajstić information content (AvgIpc) is 2.54. The molecule has 1 N–H and O–H groups in total. The van der Waals surface area contributed by atoms with Crippen LogP contribution in [0.2, 0.25) is 0 Å². The van der Waals surface area contributed by atoms with E-state index in [1.165, 1.54) is 6.92 Å². The van der Waals surface area contributed by atoms with Crippen LogP contribution in [0.3, 0.4) is 0 Å². The Bertz CT molecular complexity index is 636. The van der Waals surface area contributed by atoms with Crippen molar-refractivity contribution in [2.24, 2.45) is 0 Å². The van der Waals surface area contributed by atoms with E-state index >= 15 is 0 Å². The Morgan fingerprint density at radius 1 is 0.955 bits per heavy atom. The summed E-state index contributed by atoms with van der Waals surface area (Å²) < 4.78 is 0. The second-order valence-corrected chi connectivity index (χ2v) is 5.18. The van der Waals surface area contributed by atoms with Crippen LogP contribution < -0.4 is 10.2 Å². The fraction of sp³-hybridized carbons (Fsp3) is 0.222. The number of carbonyl (C=O) groups excluding carboxylic acids is 2. The number of nitrogens with zero attached hydrogens (tertiary/aromatic N) is 1. The Morgan fingerprint density at radius 2 is 1.59 bits per heavy atom. The van der Waals surface area contributed by atoms with Crippen molar-refractivity contribution in [2.75, 3.05) is 11.9 Å². The molecule has 0 heterocycles. The highest BCUT2D eigenvalue weighted by Crippen LogP contribution is 2.14. The molecule has 0 aliphatic rings. The van der Waals surface area contributed by atoms with Crippen molar-refractivity contribution in [3.05, 3.63) is 65.7 Å². The van der Waals surface area contributed by atoms with Crippen molar-refractivity contribution in [3.8, 4) is 0 Å². The van der Waals surface area contributed by atoms with Gasteiger partial charge in [-0.1, -0.05) is 42.5 Å². The number of nitrogens with one attached hydrogen (secondary N) is 1. The third-order valence-corrected chi connectivity index (χ3v) is 3.49. The summed E-state index contributed by atoms with van der Waals surface area (Å²) in [5, 5.41) is 2.90. The Kier molecular flexibility index (Phi) is 5.31. The largest absolute Gasteiger partial charge is 0.352 e. The summed E-state index contributed by atoms with van der Waals surface area (Å²) in [5.74, 6) is -0.0371. The first-order valence-corrected chi connectivity index (χ1v) is 7.20. The lowest BCUT2D eigenvalue weighted by Gasteiger charge is -2.15. The molecule has 2 aromatic rings. The summed E-state index contributed by atoms with van der Waals surface area (Å²) in [7, 11) is 1.73. The molecule has 0 saturated carbocycles. The molecule has 2 rings (SSSR count). The molecule has 4 heteroatoms. The van der Waals surface area contributed by atoms with Gasteiger partial charge in [0.1, 0.15) is 0 Å². The van der Waals surface area contributed by atoms with Gasteiger partial charge >= 0.3 is 0 Å². The molecule has 0 fully saturated rings. The quantitative estimate of drug-likeness (QED) is 0.921. The number of carbonyl (C=O) groups is 2. The molecule has 0 aromatic heterocycles. The zero-order chi connectivity index (χ0) is 15.9. The lowest BCUT2D eigenvalue weighted by atomic mass is 10.1. The third-order valence-electron chi connectivity index (χ3n) is 3.49. The van der Waals surface area contributed by atoms with E-state index in [0.717, 1.165) is 16.8 Å². The standard InChI is InChI=1S/C18H20N2O2/c1-14(21)20(2)17-10-8-15(9-11-17)12-18(22)19-13-16-6-4-3-5-7-16/h3-11H,12-13H2,1-2H3,(H,19,22). The summed E-state index contributed by atoms with van der Waals surface area (Å²) in [4.78, 5) is 24.8. The van der Waals surface area contributed by atoms with Gasteiger partial charge in [-0.2, -0.15) is 0 Å². The maximum atomic E-state index is 11.9. The highest BCUT2D eigenvalue weighted by atomic mass is 16.2. The maximum Gasteiger partial charge on any atom is 0.224 e. The molecule has 0 aliphatic carbocycles. The van der Waals surface area contributed by atoms with Crippen molar-refractivity contribution in [3.63, 3.8) is 0 Å². The van der Waals surface area contributed by atoms with Gasteiger partial charge in [0, 0.05) is 26.2 Å². The SMILES string of the molecule is CC(=O)N(C)c1ccc(CC(=O)NCc2ccccc2)cc1. The van der Waals surface area contributed by atoms with Gasteiger partial charge in [-0.05, 0) is 23.3 Å². The molecule has 0 unspecified atom stereocenters. The fourth-order valence-corrected chi connectivity index (χ4v) is 2.06. The lowest BCUT2D eigenvalue weighted by molar-refractivity contribution is -0.120. The van der Waals surface area contributed by atoms with E-state index in [1.54, 1.807) is 11.9 Å². The number of hydrogen-bond donors (Lipinski definition) is 1. The van der Waals surface area contributed by atoms with E-state index in [1.807, 2.05) is 54.6 Å². The van der Waals surface area contributed by atoms with Crippen LogP contribution in [0.1, 0.15) is 18.1 Å². The van der Waals surface area contributed by atoms with Gasteiger partial charge in [0.25, 0.3) is 0 Å². The molecule has 0 saturated heterocycles. The molecule has 4 nitrogen and oxygen atoms in total. The Hall–Kier alpha value is -2.62. The fourth-order valence-electron chi connectivity index (χ4n) is 2.06. The van der Waals surface area contributed by atoms with E-state index in [9.17, 15) is 9.59 Å². The molecule has 2 amide bonds. The Morgan fingerprint density at radius 3 is 2.18 bits per heavy atom. The molecule has 2 aromatic carbocycles. The van der Waals surface area contributed by atoms with E-state index in [-0.39, 0.29) is 11.8 Å². The number of amides is 2. The minimum atomic E-state index is -0.0200. The molecule has 114 valence electrons. The second-order valence-electron chi connectivity index (χ2n) is 5.18. The molecule has 0 radical (unpaired) electrons. The number of benzene rings is 2. The van der Waals surface area contributed by atoms with Crippen molar-refractivity contribution < 1.29 is 9.59 Å². The smallest absolute Gasteiger partial charge is 0.224 e. The molecular weight excluding hydrogens is 276 g/mol. The first-order chi connectivity index (χ1) is 10.6. The maximum absolute atomic E-state index is 11.9. The van der Waals surface area contributed by atoms with Crippen LogP contribution in [0, 0.1) is 0 Å². The van der Waals surface area contributed by atoms with Gasteiger partial charge < -0.3 is 10.2 Å². The minimum absolute atomic E-state index is 0.0171. The zero-order valence-corrected chi connectivity index (χ0v) is 12.9. The van der Waals surface area contributed by atoms with Crippen LogP contribution in [0.15, 0.2) is 54.6 Å². The van der Waals surface area contributed by atoms with E-state index in [0.29, 0.717) is 13.0 Å². The predicted molar refractivity (Wildman–Crippen MR) is 87.5 cm³/mol. The molecule has 22 heavy (non-hydrogen) atoms. The second kappa shape index (κ2) is 7.41. The van der Waals surface area contributed by atoms with Crippen molar-refractivity contribution in [1.82, 2.24) is 5.32 Å². The van der Waals surface area contributed by atoms with Crippen molar-refractivity contribution in [1.29, 1.82) is 0 Å². The number of hydrogen-bond acceptors (Lipinski definition) is 2. The summed E-state index contributed by atoms with van der Waals surface area (Å²) in [5.41, 5.74) is 2.82. The first-order valence-electron chi connectivity index (χ1n) is 7.20. The Balaban J connectivity index is 1.88. The predicted octanol–water partition coefficient (Wildman–Crippen LogP) is 2.53. The summed E-state index contributed by atoms with van der Waals surface area (Å²) in [6, 6.07) is 17.2. The van der Waals surface area contributed by atoms with Gasteiger partial charge in [0.2, 0.25) is 11.8 Å². The molecule has 0 atom stereocenters. The van der Waals surface area contributed by atoms with Crippen molar-refractivity contribution >= 4 is 17.5 Å². The lowest BCUT2D eigenvalue weighted by Crippen LogP contribution is -2.25. The molecule has 0 aliphatic heterocycles. The van der Waals surface area contributed by atoms with Crippen LogP contribution in [0.4, 0.5) is 5.69 Å². The zero-order valence-electron chi connectivity index (χ0n) is 12.9. The van der Waals surface area contributed by atoms with E-state index in [4.69, 9.17) is 0 Å².